The van der Waals surface area contributed by atoms with Crippen LogP contribution in [0.25, 0.3) is 10.9 Å². The summed E-state index contributed by atoms with van der Waals surface area (Å²) in [5.74, 6) is -0.706. The van der Waals surface area contributed by atoms with Gasteiger partial charge in [0.2, 0.25) is 0 Å². The smallest absolute Gasteiger partial charge is 0.335 e. The number of nitrogens with zero attached hydrogens (tertiary/aromatic N) is 4. The van der Waals surface area contributed by atoms with E-state index < -0.39 is 10.9 Å². The quantitative estimate of drug-likeness (QED) is 0.208. The third kappa shape index (κ3) is 5.25. The van der Waals surface area contributed by atoms with Crippen LogP contribution in [0, 0.1) is 17.0 Å². The van der Waals surface area contributed by atoms with Crippen molar-refractivity contribution in [1.82, 2.24) is 9.66 Å². The lowest BCUT2D eigenvalue weighted by atomic mass is 10.1. The molecule has 0 saturated carbocycles. The van der Waals surface area contributed by atoms with E-state index in [1.165, 1.54) is 30.5 Å². The molecule has 3 aromatic carbocycles. The van der Waals surface area contributed by atoms with E-state index in [2.05, 4.69) is 26.0 Å². The zero-order chi connectivity index (χ0) is 25.1. The van der Waals surface area contributed by atoms with Gasteiger partial charge in [0.05, 0.1) is 27.6 Å². The number of hydrogen-bond acceptors (Lipinski definition) is 7. The summed E-state index contributed by atoms with van der Waals surface area (Å²) in [6, 6.07) is 15.5. The Balaban J connectivity index is 1.61. The largest absolute Gasteiger partial charge is 0.482 e. The van der Waals surface area contributed by atoms with Crippen LogP contribution in [-0.4, -0.2) is 31.9 Å². The van der Waals surface area contributed by atoms with Gasteiger partial charge in [-0.05, 0) is 55.0 Å². The van der Waals surface area contributed by atoms with E-state index in [4.69, 9.17) is 9.84 Å². The predicted octanol–water partition coefficient (Wildman–Crippen LogP) is 4.54. The van der Waals surface area contributed by atoms with Gasteiger partial charge in [-0.2, -0.15) is 9.78 Å². The number of hydrogen-bond donors (Lipinski definition) is 1. The van der Waals surface area contributed by atoms with Crippen molar-refractivity contribution in [3.8, 4) is 5.75 Å². The lowest BCUT2D eigenvalue weighted by Crippen LogP contribution is -2.20. The first-order valence-corrected chi connectivity index (χ1v) is 11.0. The van der Waals surface area contributed by atoms with Crippen LogP contribution in [0.1, 0.15) is 27.3 Å². The van der Waals surface area contributed by atoms with Crippen LogP contribution in [0.4, 0.5) is 5.69 Å². The summed E-state index contributed by atoms with van der Waals surface area (Å²) >= 11 is 3.33. The highest BCUT2D eigenvalue weighted by Crippen LogP contribution is 2.28. The third-order valence-corrected chi connectivity index (χ3v) is 5.53. The number of carboxylic acids is 1. The van der Waals surface area contributed by atoms with Gasteiger partial charge in [-0.15, -0.1) is 0 Å². The zero-order valence-electron chi connectivity index (χ0n) is 18.2. The summed E-state index contributed by atoms with van der Waals surface area (Å²) in [5, 5.41) is 25.3. The fourth-order valence-corrected chi connectivity index (χ4v) is 3.72. The van der Waals surface area contributed by atoms with Crippen LogP contribution in [0.3, 0.4) is 0 Å². The van der Waals surface area contributed by atoms with Crippen molar-refractivity contribution in [3.05, 3.63) is 108 Å². The van der Waals surface area contributed by atoms with Gasteiger partial charge >= 0.3 is 11.7 Å². The van der Waals surface area contributed by atoms with Crippen LogP contribution >= 0.6 is 15.9 Å². The third-order valence-electron chi connectivity index (χ3n) is 5.04. The van der Waals surface area contributed by atoms with Crippen LogP contribution in [0.15, 0.2) is 75.0 Å². The van der Waals surface area contributed by atoms with Crippen LogP contribution in [-0.2, 0) is 6.61 Å². The van der Waals surface area contributed by atoms with Crippen molar-refractivity contribution in [2.24, 2.45) is 5.10 Å². The van der Waals surface area contributed by atoms with E-state index in [0.717, 1.165) is 9.15 Å². The number of rotatable bonds is 7. The number of aryl methyl sites for hydroxylation is 1. The van der Waals surface area contributed by atoms with Gasteiger partial charge in [0.15, 0.2) is 5.75 Å². The van der Waals surface area contributed by atoms with Crippen molar-refractivity contribution in [1.29, 1.82) is 0 Å². The second kappa shape index (κ2) is 9.85. The highest BCUT2D eigenvalue weighted by Gasteiger charge is 2.16. The molecule has 0 aliphatic heterocycles. The first-order valence-electron chi connectivity index (χ1n) is 10.2. The Hall–Kier alpha value is -4.38. The van der Waals surface area contributed by atoms with Gasteiger partial charge < -0.3 is 9.84 Å². The summed E-state index contributed by atoms with van der Waals surface area (Å²) < 4.78 is 7.44. The fourth-order valence-electron chi connectivity index (χ4n) is 3.35. The molecule has 0 spiro atoms. The molecule has 10 nitrogen and oxygen atoms in total. The maximum absolute atomic E-state index is 12.9. The molecule has 0 fully saturated rings. The Morgan fingerprint density at radius 3 is 2.77 bits per heavy atom. The zero-order valence-corrected chi connectivity index (χ0v) is 19.8. The van der Waals surface area contributed by atoms with Crippen molar-refractivity contribution in [2.45, 2.75) is 13.5 Å². The average Bonchev–Trinajstić information content (AvgIpc) is 2.83. The number of fused-ring (bicyclic) bond motifs is 1. The number of aromatic carboxylic acids is 1. The molecular formula is C24H17BrN4O6. The molecule has 1 aromatic heterocycles. The average molecular weight is 537 g/mol. The summed E-state index contributed by atoms with van der Waals surface area (Å²) in [7, 11) is 0. The highest BCUT2D eigenvalue weighted by molar-refractivity contribution is 9.10. The molecule has 0 atom stereocenters. The molecule has 0 radical (unpaired) electrons. The minimum absolute atomic E-state index is 0.0125. The second-order valence-corrected chi connectivity index (χ2v) is 8.38. The van der Waals surface area contributed by atoms with E-state index in [9.17, 15) is 19.7 Å². The summed E-state index contributed by atoms with van der Waals surface area (Å²) in [6.45, 7) is 1.58. The van der Waals surface area contributed by atoms with Crippen molar-refractivity contribution in [3.63, 3.8) is 0 Å². The van der Waals surface area contributed by atoms with Gasteiger partial charge in [-0.3, -0.25) is 14.9 Å². The lowest BCUT2D eigenvalue weighted by molar-refractivity contribution is -0.385. The normalized spacial score (nSPS) is 11.1. The number of ether oxygens (including phenoxy) is 1. The Kier molecular flexibility index (Phi) is 6.69. The molecule has 4 aromatic rings. The van der Waals surface area contributed by atoms with E-state index in [1.54, 1.807) is 43.3 Å². The molecule has 35 heavy (non-hydrogen) atoms. The molecule has 0 aliphatic rings. The minimum atomic E-state index is -1.08. The molecule has 0 amide bonds. The van der Waals surface area contributed by atoms with E-state index in [0.29, 0.717) is 27.9 Å². The highest BCUT2D eigenvalue weighted by atomic mass is 79.9. The Labute approximate surface area is 206 Å². The van der Waals surface area contributed by atoms with Crippen molar-refractivity contribution >= 4 is 44.7 Å². The molecule has 176 valence electrons. The van der Waals surface area contributed by atoms with Crippen LogP contribution in [0.2, 0.25) is 0 Å². The number of carboxylic acid groups (broad SMARTS) is 1. The van der Waals surface area contributed by atoms with Gasteiger partial charge in [0.1, 0.15) is 12.4 Å². The maximum Gasteiger partial charge on any atom is 0.335 e. The molecule has 4 rings (SSSR count). The predicted molar refractivity (Wildman–Crippen MR) is 132 cm³/mol. The molecule has 0 unspecified atom stereocenters. The second-order valence-electron chi connectivity index (χ2n) is 7.46. The number of benzene rings is 3. The van der Waals surface area contributed by atoms with Crippen molar-refractivity contribution < 1.29 is 19.6 Å². The van der Waals surface area contributed by atoms with E-state index in [-0.39, 0.29) is 29.2 Å². The molecule has 1 heterocycles. The Bertz CT molecular complexity index is 1560. The molecule has 0 aliphatic carbocycles. The monoisotopic (exact) mass is 536 g/mol. The molecule has 1 N–H and O–H groups in total. The lowest BCUT2D eigenvalue weighted by Gasteiger charge is -2.08. The van der Waals surface area contributed by atoms with Gasteiger partial charge in [-0.1, -0.05) is 28.1 Å². The Morgan fingerprint density at radius 1 is 1.23 bits per heavy atom. The number of nitro benzene ring substituents is 1. The molecular weight excluding hydrogens is 520 g/mol. The van der Waals surface area contributed by atoms with Gasteiger partial charge in [0, 0.05) is 16.1 Å². The Morgan fingerprint density at radius 2 is 2.03 bits per heavy atom. The number of carbonyl (C=O) groups is 1. The van der Waals surface area contributed by atoms with E-state index >= 15 is 0 Å². The van der Waals surface area contributed by atoms with E-state index in [1.807, 2.05) is 0 Å². The number of aromatic nitrogens is 2. The summed E-state index contributed by atoms with van der Waals surface area (Å²) in [4.78, 5) is 39.4. The van der Waals surface area contributed by atoms with Crippen LogP contribution < -0.4 is 10.3 Å². The topological polar surface area (TPSA) is 137 Å². The molecule has 11 heteroatoms. The number of nitro groups is 1. The first kappa shape index (κ1) is 23.8. The standard InChI is InChI=1S/C24H17BrN4O6/c1-14-27-20-7-6-18(25)11-19(20)23(30)28(14)26-12-15-5-8-22(21(10-15)29(33)34)35-13-16-3-2-4-17(9-16)24(31)32/h2-12H,13H2,1H3,(H,31,32). The van der Waals surface area contributed by atoms with Crippen LogP contribution in [0.5, 0.6) is 5.75 Å². The molecule has 0 bridgehead atoms. The minimum Gasteiger partial charge on any atom is -0.482 e. The van der Waals surface area contributed by atoms with Crippen molar-refractivity contribution in [2.75, 3.05) is 0 Å². The summed E-state index contributed by atoms with van der Waals surface area (Å²) in [6.07, 6.45) is 1.33. The maximum atomic E-state index is 12.9. The SMILES string of the molecule is Cc1nc2ccc(Br)cc2c(=O)n1N=Cc1ccc(OCc2cccc(C(=O)O)c2)c([N+](=O)[O-])c1. The molecule has 0 saturated heterocycles. The fraction of sp³-hybridized carbons (Fsp3) is 0.0833. The number of halogens is 1. The summed E-state index contributed by atoms with van der Waals surface area (Å²) in [5.41, 5.74) is 0.880. The first-order chi connectivity index (χ1) is 16.7. The van der Waals surface area contributed by atoms with Gasteiger partial charge in [-0.25, -0.2) is 9.78 Å². The van der Waals surface area contributed by atoms with Gasteiger partial charge in [0.25, 0.3) is 5.56 Å².